The van der Waals surface area contributed by atoms with E-state index in [0.29, 0.717) is 5.75 Å². The van der Waals surface area contributed by atoms with Crippen LogP contribution in [0.3, 0.4) is 0 Å². The molecular formula is C12H13N5O5. The maximum absolute atomic E-state index is 11.9. The van der Waals surface area contributed by atoms with E-state index < -0.39 is 11.9 Å². The van der Waals surface area contributed by atoms with Gasteiger partial charge in [0.2, 0.25) is 5.91 Å². The van der Waals surface area contributed by atoms with Gasteiger partial charge in [-0.1, -0.05) is 5.21 Å². The molecule has 1 aromatic carbocycles. The molecule has 1 heterocycles. The first-order valence-corrected chi connectivity index (χ1v) is 6.06. The third-order valence-corrected chi connectivity index (χ3v) is 2.74. The van der Waals surface area contributed by atoms with Crippen LogP contribution in [0.25, 0.3) is 0 Å². The quantitative estimate of drug-likeness (QED) is 0.682. The Kier molecular flexibility index (Phi) is 4.51. The highest BCUT2D eigenvalue weighted by atomic mass is 16.5. The fraction of sp³-hybridized carbons (Fsp3) is 0.250. The molecule has 2 aromatic rings. The Labute approximate surface area is 124 Å². The summed E-state index contributed by atoms with van der Waals surface area (Å²) in [5, 5.41) is 24.6. The Morgan fingerprint density at radius 2 is 1.95 bits per heavy atom. The van der Waals surface area contributed by atoms with Gasteiger partial charge in [-0.05, 0) is 0 Å². The maximum Gasteiger partial charge on any atom is 0.337 e. The zero-order valence-corrected chi connectivity index (χ0v) is 11.8. The van der Waals surface area contributed by atoms with Gasteiger partial charge in [-0.15, -0.1) is 10.2 Å². The zero-order valence-electron chi connectivity index (χ0n) is 11.8. The SMILES string of the molecule is COc1cc(NC(=O)Cc2nn[nH]n2)c(C(=O)O)cc1OC. The van der Waals surface area contributed by atoms with Crippen molar-refractivity contribution >= 4 is 17.6 Å². The van der Waals surface area contributed by atoms with Crippen LogP contribution < -0.4 is 14.8 Å². The van der Waals surface area contributed by atoms with Crippen LogP contribution in [0.5, 0.6) is 11.5 Å². The lowest BCUT2D eigenvalue weighted by Crippen LogP contribution is -2.17. The highest BCUT2D eigenvalue weighted by Gasteiger charge is 2.18. The van der Waals surface area contributed by atoms with E-state index >= 15 is 0 Å². The molecule has 0 bridgehead atoms. The van der Waals surface area contributed by atoms with Crippen LogP contribution in [0.2, 0.25) is 0 Å². The Morgan fingerprint density at radius 3 is 2.50 bits per heavy atom. The number of nitrogens with one attached hydrogen (secondary N) is 2. The van der Waals surface area contributed by atoms with Crippen LogP contribution in [0, 0.1) is 0 Å². The predicted octanol–water partition coefficient (Wildman–Crippen LogP) is 0.0963. The van der Waals surface area contributed by atoms with Crippen molar-refractivity contribution in [3.63, 3.8) is 0 Å². The molecule has 10 heteroatoms. The van der Waals surface area contributed by atoms with E-state index in [0.717, 1.165) is 0 Å². The van der Waals surface area contributed by atoms with E-state index in [1.54, 1.807) is 0 Å². The van der Waals surface area contributed by atoms with Crippen LogP contribution >= 0.6 is 0 Å². The van der Waals surface area contributed by atoms with Crippen molar-refractivity contribution < 1.29 is 24.2 Å². The fourth-order valence-electron chi connectivity index (χ4n) is 1.75. The number of rotatable bonds is 6. The van der Waals surface area contributed by atoms with Gasteiger partial charge in [-0.25, -0.2) is 4.79 Å². The summed E-state index contributed by atoms with van der Waals surface area (Å²) in [5.74, 6) is -0.972. The zero-order chi connectivity index (χ0) is 16.1. The number of H-pyrrole nitrogens is 1. The minimum atomic E-state index is -1.21. The number of aromatic carboxylic acids is 1. The molecule has 0 fully saturated rings. The summed E-state index contributed by atoms with van der Waals surface area (Å²) in [7, 11) is 2.79. The fourth-order valence-corrected chi connectivity index (χ4v) is 1.75. The number of aromatic nitrogens is 4. The van der Waals surface area contributed by atoms with Crippen LogP contribution in [0.4, 0.5) is 5.69 Å². The number of nitrogens with zero attached hydrogens (tertiary/aromatic N) is 3. The molecule has 0 spiro atoms. The molecule has 0 aliphatic heterocycles. The number of benzene rings is 1. The van der Waals surface area contributed by atoms with Gasteiger partial charge in [-0.3, -0.25) is 4.79 Å². The topological polar surface area (TPSA) is 139 Å². The smallest absolute Gasteiger partial charge is 0.337 e. The Hall–Kier alpha value is -3.17. The number of carbonyl (C=O) groups excluding carboxylic acids is 1. The van der Waals surface area contributed by atoms with E-state index in [9.17, 15) is 14.7 Å². The number of hydrogen-bond donors (Lipinski definition) is 3. The second kappa shape index (κ2) is 6.52. The molecule has 116 valence electrons. The van der Waals surface area contributed by atoms with Gasteiger partial charge in [0.05, 0.1) is 31.9 Å². The molecule has 0 radical (unpaired) electrons. The molecule has 0 atom stereocenters. The van der Waals surface area contributed by atoms with Crippen molar-refractivity contribution in [1.29, 1.82) is 0 Å². The summed E-state index contributed by atoms with van der Waals surface area (Å²) in [6.45, 7) is 0. The third kappa shape index (κ3) is 3.29. The minimum absolute atomic E-state index is 0.0821. The predicted molar refractivity (Wildman–Crippen MR) is 73.0 cm³/mol. The van der Waals surface area contributed by atoms with Gasteiger partial charge in [0.1, 0.15) is 0 Å². The summed E-state index contributed by atoms with van der Waals surface area (Å²) in [6, 6.07) is 2.64. The number of aromatic amines is 1. The van der Waals surface area contributed by atoms with E-state index in [1.165, 1.54) is 26.4 Å². The lowest BCUT2D eigenvalue weighted by Gasteiger charge is -2.13. The van der Waals surface area contributed by atoms with E-state index in [1.807, 2.05) is 0 Å². The van der Waals surface area contributed by atoms with Crippen LogP contribution in [0.1, 0.15) is 16.2 Å². The van der Waals surface area contributed by atoms with Gasteiger partial charge >= 0.3 is 5.97 Å². The van der Waals surface area contributed by atoms with Gasteiger partial charge in [0, 0.05) is 12.1 Å². The van der Waals surface area contributed by atoms with Crippen molar-refractivity contribution in [1.82, 2.24) is 20.6 Å². The highest BCUT2D eigenvalue weighted by Crippen LogP contribution is 2.33. The van der Waals surface area contributed by atoms with Gasteiger partial charge in [-0.2, -0.15) is 5.21 Å². The number of amides is 1. The lowest BCUT2D eigenvalue weighted by molar-refractivity contribution is -0.115. The number of ether oxygens (including phenoxy) is 2. The van der Waals surface area contributed by atoms with E-state index in [2.05, 4.69) is 25.9 Å². The number of carboxylic acid groups (broad SMARTS) is 1. The second-order valence-electron chi connectivity index (χ2n) is 4.11. The van der Waals surface area contributed by atoms with Crippen molar-refractivity contribution in [3.8, 4) is 11.5 Å². The number of carbonyl (C=O) groups is 2. The minimum Gasteiger partial charge on any atom is -0.493 e. The number of hydrogen-bond acceptors (Lipinski definition) is 7. The van der Waals surface area contributed by atoms with Gasteiger partial charge in [0.25, 0.3) is 0 Å². The standard InChI is InChI=1S/C12H13N5O5/c1-21-8-3-6(12(19)20)7(4-9(8)22-2)13-11(18)5-10-14-16-17-15-10/h3-4H,5H2,1-2H3,(H,13,18)(H,19,20)(H,14,15,16,17). The first-order valence-electron chi connectivity index (χ1n) is 6.06. The molecule has 3 N–H and O–H groups in total. The molecule has 10 nitrogen and oxygen atoms in total. The molecule has 0 saturated heterocycles. The maximum atomic E-state index is 11.9. The lowest BCUT2D eigenvalue weighted by atomic mass is 10.1. The number of carboxylic acids is 1. The van der Waals surface area contributed by atoms with Gasteiger partial charge in [0.15, 0.2) is 17.3 Å². The average Bonchev–Trinajstić information content (AvgIpc) is 2.99. The highest BCUT2D eigenvalue weighted by molar-refractivity contribution is 6.01. The van der Waals surface area contributed by atoms with E-state index in [4.69, 9.17) is 9.47 Å². The Bertz CT molecular complexity index is 685. The molecular weight excluding hydrogens is 294 g/mol. The Balaban J connectivity index is 2.28. The van der Waals surface area contributed by atoms with Crippen LogP contribution in [0.15, 0.2) is 12.1 Å². The molecule has 0 aliphatic rings. The van der Waals surface area contributed by atoms with Crippen molar-refractivity contribution in [3.05, 3.63) is 23.5 Å². The number of anilines is 1. The number of methoxy groups -OCH3 is 2. The van der Waals surface area contributed by atoms with Crippen molar-refractivity contribution in [2.24, 2.45) is 0 Å². The Morgan fingerprint density at radius 1 is 1.27 bits per heavy atom. The molecule has 0 unspecified atom stereocenters. The van der Waals surface area contributed by atoms with Crippen molar-refractivity contribution in [2.75, 3.05) is 19.5 Å². The van der Waals surface area contributed by atoms with Crippen LogP contribution in [-0.2, 0) is 11.2 Å². The first kappa shape index (κ1) is 15.2. The molecule has 0 aliphatic carbocycles. The van der Waals surface area contributed by atoms with Crippen molar-refractivity contribution in [2.45, 2.75) is 6.42 Å². The summed E-state index contributed by atoms with van der Waals surface area (Å²) in [4.78, 5) is 23.2. The largest absolute Gasteiger partial charge is 0.493 e. The summed E-state index contributed by atoms with van der Waals surface area (Å²) < 4.78 is 10.1. The van der Waals surface area contributed by atoms with Gasteiger partial charge < -0.3 is 19.9 Å². The number of tetrazole rings is 1. The summed E-state index contributed by atoms with van der Waals surface area (Å²) in [6.07, 6.45) is -0.149. The normalized spacial score (nSPS) is 10.1. The summed E-state index contributed by atoms with van der Waals surface area (Å²) in [5.41, 5.74) is -0.0437. The molecule has 22 heavy (non-hydrogen) atoms. The monoisotopic (exact) mass is 307 g/mol. The van der Waals surface area contributed by atoms with Crippen LogP contribution in [-0.4, -0.2) is 51.8 Å². The molecule has 1 aromatic heterocycles. The molecule has 2 rings (SSSR count). The second-order valence-corrected chi connectivity index (χ2v) is 4.11. The molecule has 1 amide bonds. The summed E-state index contributed by atoms with van der Waals surface area (Å²) >= 11 is 0. The van der Waals surface area contributed by atoms with E-state index in [-0.39, 0.29) is 29.2 Å². The average molecular weight is 307 g/mol. The first-order chi connectivity index (χ1) is 10.5. The third-order valence-electron chi connectivity index (χ3n) is 2.74. The molecule has 0 saturated carbocycles.